The lowest BCUT2D eigenvalue weighted by Gasteiger charge is -2.22. The van der Waals surface area contributed by atoms with E-state index in [9.17, 15) is 9.59 Å². The molecule has 19 heavy (non-hydrogen) atoms. The van der Waals surface area contributed by atoms with Crippen LogP contribution in [0.3, 0.4) is 0 Å². The molecule has 104 valence electrons. The van der Waals surface area contributed by atoms with Gasteiger partial charge in [-0.15, -0.1) is 0 Å². The molecule has 1 aromatic rings. The number of hydrogen-bond donors (Lipinski definition) is 1. The molecule has 0 heterocycles. The number of carbonyl (C=O) groups is 2. The highest BCUT2D eigenvalue weighted by Gasteiger charge is 2.20. The molecule has 0 bridgehead atoms. The van der Waals surface area contributed by atoms with E-state index in [2.05, 4.69) is 5.32 Å². The van der Waals surface area contributed by atoms with Gasteiger partial charge in [-0.2, -0.15) is 0 Å². The summed E-state index contributed by atoms with van der Waals surface area (Å²) < 4.78 is 0. The molecule has 4 nitrogen and oxygen atoms in total. The standard InChI is InChI=1S/C13H16Cl2N2O2/c1-3-7-16-12(19)8-17(9(2)18)13-10(14)5-4-6-11(13)15/h4-6H,3,7-8H2,1-2H3,(H,16,19). The molecule has 1 aromatic carbocycles. The molecular weight excluding hydrogens is 287 g/mol. The summed E-state index contributed by atoms with van der Waals surface area (Å²) in [5.74, 6) is -0.533. The number of rotatable bonds is 5. The summed E-state index contributed by atoms with van der Waals surface area (Å²) in [6.45, 7) is 3.79. The van der Waals surface area contributed by atoms with Gasteiger partial charge in [0.2, 0.25) is 11.8 Å². The fourth-order valence-corrected chi connectivity index (χ4v) is 2.16. The van der Waals surface area contributed by atoms with Crippen LogP contribution in [0.15, 0.2) is 18.2 Å². The highest BCUT2D eigenvalue weighted by atomic mass is 35.5. The molecule has 0 saturated carbocycles. The second kappa shape index (κ2) is 7.36. The van der Waals surface area contributed by atoms with Crippen molar-refractivity contribution in [2.75, 3.05) is 18.0 Å². The lowest BCUT2D eigenvalue weighted by Crippen LogP contribution is -2.40. The minimum absolute atomic E-state index is 0.0984. The Morgan fingerprint density at radius 1 is 1.26 bits per heavy atom. The highest BCUT2D eigenvalue weighted by molar-refractivity contribution is 6.40. The zero-order valence-corrected chi connectivity index (χ0v) is 12.4. The molecule has 1 N–H and O–H groups in total. The minimum Gasteiger partial charge on any atom is -0.355 e. The van der Waals surface area contributed by atoms with Crippen LogP contribution in [0.1, 0.15) is 20.3 Å². The van der Waals surface area contributed by atoms with Crippen LogP contribution < -0.4 is 10.2 Å². The molecule has 0 atom stereocenters. The number of halogens is 2. The minimum atomic E-state index is -0.290. The van der Waals surface area contributed by atoms with Crippen LogP contribution in [0.4, 0.5) is 5.69 Å². The van der Waals surface area contributed by atoms with E-state index in [0.717, 1.165) is 6.42 Å². The van der Waals surface area contributed by atoms with Gasteiger partial charge in [0.15, 0.2) is 0 Å². The third-order valence-corrected chi connectivity index (χ3v) is 3.07. The van der Waals surface area contributed by atoms with Gasteiger partial charge in [0.25, 0.3) is 0 Å². The summed E-state index contributed by atoms with van der Waals surface area (Å²) in [4.78, 5) is 24.7. The predicted molar refractivity (Wildman–Crippen MR) is 77.8 cm³/mol. The molecule has 0 fully saturated rings. The Bertz CT molecular complexity index is 457. The van der Waals surface area contributed by atoms with Crippen LogP contribution in [0.25, 0.3) is 0 Å². The summed E-state index contributed by atoms with van der Waals surface area (Å²) in [7, 11) is 0. The Morgan fingerprint density at radius 3 is 2.32 bits per heavy atom. The Hall–Kier alpha value is -1.26. The first-order valence-electron chi connectivity index (χ1n) is 5.96. The zero-order chi connectivity index (χ0) is 14.4. The smallest absolute Gasteiger partial charge is 0.240 e. The normalized spacial score (nSPS) is 10.1. The first-order chi connectivity index (χ1) is 8.97. The van der Waals surface area contributed by atoms with Crippen molar-refractivity contribution in [2.45, 2.75) is 20.3 Å². The van der Waals surface area contributed by atoms with E-state index in [1.54, 1.807) is 18.2 Å². The fraction of sp³-hybridized carbons (Fsp3) is 0.385. The van der Waals surface area contributed by atoms with Gasteiger partial charge in [-0.3, -0.25) is 9.59 Å². The van der Waals surface area contributed by atoms with Crippen LogP contribution in [0.5, 0.6) is 0 Å². The average Bonchev–Trinajstić information content (AvgIpc) is 2.34. The quantitative estimate of drug-likeness (QED) is 0.909. The Labute approximate surface area is 122 Å². The van der Waals surface area contributed by atoms with Gasteiger partial charge in [0, 0.05) is 13.5 Å². The third kappa shape index (κ3) is 4.40. The van der Waals surface area contributed by atoms with Crippen molar-refractivity contribution < 1.29 is 9.59 Å². The summed E-state index contributed by atoms with van der Waals surface area (Å²) in [5, 5.41) is 3.39. The molecule has 0 aliphatic carbocycles. The van der Waals surface area contributed by atoms with Gasteiger partial charge in [-0.25, -0.2) is 0 Å². The largest absolute Gasteiger partial charge is 0.355 e. The lowest BCUT2D eigenvalue weighted by atomic mass is 10.2. The Kier molecular flexibility index (Phi) is 6.12. The van der Waals surface area contributed by atoms with E-state index >= 15 is 0 Å². The molecule has 0 saturated heterocycles. The summed E-state index contributed by atoms with van der Waals surface area (Å²) >= 11 is 12.1. The van der Waals surface area contributed by atoms with Crippen LogP contribution >= 0.6 is 23.2 Å². The fourth-order valence-electron chi connectivity index (χ4n) is 1.56. The molecule has 0 radical (unpaired) electrons. The van der Waals surface area contributed by atoms with Crippen molar-refractivity contribution in [3.63, 3.8) is 0 Å². The van der Waals surface area contributed by atoms with Crippen molar-refractivity contribution in [3.05, 3.63) is 28.2 Å². The molecule has 0 unspecified atom stereocenters. The van der Waals surface area contributed by atoms with Crippen LogP contribution in [-0.4, -0.2) is 24.9 Å². The highest BCUT2D eigenvalue weighted by Crippen LogP contribution is 2.33. The summed E-state index contributed by atoms with van der Waals surface area (Å²) in [6.07, 6.45) is 0.832. The van der Waals surface area contributed by atoms with Crippen LogP contribution in [-0.2, 0) is 9.59 Å². The maximum Gasteiger partial charge on any atom is 0.240 e. The van der Waals surface area contributed by atoms with E-state index in [0.29, 0.717) is 22.3 Å². The predicted octanol–water partition coefficient (Wildman–Crippen LogP) is 2.87. The van der Waals surface area contributed by atoms with Crippen molar-refractivity contribution in [2.24, 2.45) is 0 Å². The monoisotopic (exact) mass is 302 g/mol. The van der Waals surface area contributed by atoms with E-state index in [-0.39, 0.29) is 18.4 Å². The van der Waals surface area contributed by atoms with Gasteiger partial charge in [0.1, 0.15) is 6.54 Å². The van der Waals surface area contributed by atoms with Gasteiger partial charge >= 0.3 is 0 Å². The second-order valence-corrected chi connectivity index (χ2v) is 4.84. The number of nitrogens with zero attached hydrogens (tertiary/aromatic N) is 1. The van der Waals surface area contributed by atoms with Crippen molar-refractivity contribution in [3.8, 4) is 0 Å². The van der Waals surface area contributed by atoms with Gasteiger partial charge in [-0.05, 0) is 18.6 Å². The maximum atomic E-state index is 11.7. The average molecular weight is 303 g/mol. The van der Waals surface area contributed by atoms with Crippen molar-refractivity contribution >= 4 is 40.7 Å². The maximum absolute atomic E-state index is 11.7. The number of para-hydroxylation sites is 1. The zero-order valence-electron chi connectivity index (χ0n) is 10.9. The molecule has 0 aliphatic heterocycles. The van der Waals surface area contributed by atoms with Crippen LogP contribution in [0.2, 0.25) is 10.0 Å². The van der Waals surface area contributed by atoms with E-state index in [1.807, 2.05) is 6.92 Å². The molecule has 0 aromatic heterocycles. The van der Waals surface area contributed by atoms with E-state index in [4.69, 9.17) is 23.2 Å². The number of hydrogen-bond acceptors (Lipinski definition) is 2. The number of nitrogens with one attached hydrogen (secondary N) is 1. The number of benzene rings is 1. The van der Waals surface area contributed by atoms with E-state index < -0.39 is 0 Å². The number of carbonyl (C=O) groups excluding carboxylic acids is 2. The topological polar surface area (TPSA) is 49.4 Å². The van der Waals surface area contributed by atoms with E-state index in [1.165, 1.54) is 11.8 Å². The van der Waals surface area contributed by atoms with Gasteiger partial charge in [0.05, 0.1) is 15.7 Å². The SMILES string of the molecule is CCCNC(=O)CN(C(C)=O)c1c(Cl)cccc1Cl. The molecule has 0 spiro atoms. The summed E-state index contributed by atoms with van der Waals surface area (Å²) in [5.41, 5.74) is 0.366. The Balaban J connectivity index is 2.95. The lowest BCUT2D eigenvalue weighted by molar-refractivity contribution is -0.123. The number of anilines is 1. The van der Waals surface area contributed by atoms with Crippen LogP contribution in [0, 0.1) is 0 Å². The third-order valence-electron chi connectivity index (χ3n) is 2.46. The van der Waals surface area contributed by atoms with Crippen molar-refractivity contribution in [1.29, 1.82) is 0 Å². The first-order valence-corrected chi connectivity index (χ1v) is 6.71. The number of amides is 2. The van der Waals surface area contributed by atoms with Gasteiger partial charge < -0.3 is 10.2 Å². The molecule has 0 aliphatic rings. The Morgan fingerprint density at radius 2 is 1.84 bits per heavy atom. The summed E-state index contributed by atoms with van der Waals surface area (Å²) in [6, 6.07) is 4.94. The molecule has 6 heteroatoms. The second-order valence-electron chi connectivity index (χ2n) is 4.03. The van der Waals surface area contributed by atoms with Crippen molar-refractivity contribution in [1.82, 2.24) is 5.32 Å². The molecule has 1 rings (SSSR count). The molecule has 2 amide bonds. The van der Waals surface area contributed by atoms with Gasteiger partial charge in [-0.1, -0.05) is 36.2 Å². The molecular formula is C13H16Cl2N2O2. The first kappa shape index (κ1) is 15.8.